The van der Waals surface area contributed by atoms with Crippen LogP contribution in [0.2, 0.25) is 5.82 Å². The molecule has 0 unspecified atom stereocenters. The zero-order valence-corrected chi connectivity index (χ0v) is 8.88. The number of nitrogens with zero attached hydrogens (tertiary/aromatic N) is 2. The minimum absolute atomic E-state index is 0.646. The Morgan fingerprint density at radius 1 is 0.917 bits per heavy atom. The van der Waals surface area contributed by atoms with E-state index < -0.39 is 0 Å². The van der Waals surface area contributed by atoms with Crippen LogP contribution in [0.25, 0.3) is 0 Å². The molecule has 12 heavy (non-hydrogen) atoms. The summed E-state index contributed by atoms with van der Waals surface area (Å²) in [5.74, 6) is 0.898. The number of hydrogen-bond acceptors (Lipinski definition) is 2. The van der Waals surface area contributed by atoms with Gasteiger partial charge in [-0.05, 0) is 34.0 Å². The molecule has 0 bridgehead atoms. The summed E-state index contributed by atoms with van der Waals surface area (Å²) in [5.41, 5.74) is 0. The van der Waals surface area contributed by atoms with Gasteiger partial charge in [0.25, 0.3) is 0 Å². The summed E-state index contributed by atoms with van der Waals surface area (Å²) in [4.78, 5) is 4.69. The Hall–Kier alpha value is -0.0151. The highest BCUT2D eigenvalue weighted by molar-refractivity contribution is 6.54. The third kappa shape index (κ3) is 2.24. The fraction of sp³-hybridized carbons (Fsp3) is 1.00. The molecule has 1 fully saturated rings. The highest BCUT2D eigenvalue weighted by Gasteiger charge is 2.32. The Balaban J connectivity index is 2.52. The average Bonchev–Trinajstić information content (AvgIpc) is 2.37. The fourth-order valence-corrected chi connectivity index (χ4v) is 2.56. The van der Waals surface area contributed by atoms with Gasteiger partial charge in [-0.25, -0.2) is 0 Å². The molecular formula is C9H21BN2. The van der Waals surface area contributed by atoms with Crippen molar-refractivity contribution in [2.75, 3.05) is 28.2 Å². The van der Waals surface area contributed by atoms with Crippen molar-refractivity contribution in [2.45, 2.75) is 31.5 Å². The first kappa shape index (κ1) is 10.1. The number of rotatable bonds is 3. The Morgan fingerprint density at radius 2 is 1.33 bits per heavy atom. The van der Waals surface area contributed by atoms with Gasteiger partial charge in [-0.15, -0.1) is 0 Å². The van der Waals surface area contributed by atoms with Gasteiger partial charge in [0.15, 0.2) is 0 Å². The molecule has 1 aliphatic rings. The zero-order valence-electron chi connectivity index (χ0n) is 8.88. The van der Waals surface area contributed by atoms with Crippen molar-refractivity contribution in [3.05, 3.63) is 0 Å². The van der Waals surface area contributed by atoms with Crippen LogP contribution >= 0.6 is 0 Å². The summed E-state index contributed by atoms with van der Waals surface area (Å²) in [5, 5.41) is 0. The van der Waals surface area contributed by atoms with E-state index in [0.29, 0.717) is 6.98 Å². The molecule has 0 spiro atoms. The maximum atomic E-state index is 2.34. The third-order valence-electron chi connectivity index (χ3n) is 2.88. The largest absolute Gasteiger partial charge is 0.334 e. The molecule has 3 heteroatoms. The molecule has 0 saturated heterocycles. The molecule has 1 saturated carbocycles. The van der Waals surface area contributed by atoms with Crippen LogP contribution in [0.3, 0.4) is 0 Å². The van der Waals surface area contributed by atoms with Gasteiger partial charge in [-0.2, -0.15) is 0 Å². The van der Waals surface area contributed by atoms with Gasteiger partial charge in [0.2, 0.25) is 0 Å². The monoisotopic (exact) mass is 168 g/mol. The predicted molar refractivity (Wildman–Crippen MR) is 55.3 cm³/mol. The average molecular weight is 168 g/mol. The normalized spacial score (nSPS) is 19.5. The van der Waals surface area contributed by atoms with Crippen molar-refractivity contribution < 1.29 is 0 Å². The first-order chi connectivity index (χ1) is 5.63. The molecule has 0 aromatic heterocycles. The fourth-order valence-electron chi connectivity index (χ4n) is 2.56. The Morgan fingerprint density at radius 3 is 1.67 bits per heavy atom. The van der Waals surface area contributed by atoms with Crippen LogP contribution in [0.4, 0.5) is 0 Å². The summed E-state index contributed by atoms with van der Waals surface area (Å²) in [6, 6.07) is 0. The summed E-state index contributed by atoms with van der Waals surface area (Å²) in [6.45, 7) is 0.646. The van der Waals surface area contributed by atoms with E-state index in [1.54, 1.807) is 0 Å². The van der Waals surface area contributed by atoms with Gasteiger partial charge >= 0.3 is 6.98 Å². The quantitative estimate of drug-likeness (QED) is 0.590. The van der Waals surface area contributed by atoms with Crippen molar-refractivity contribution >= 4 is 6.98 Å². The van der Waals surface area contributed by atoms with Crippen LogP contribution in [0.1, 0.15) is 25.7 Å². The molecule has 70 valence electrons. The standard InChI is InChI=1S/C9H21BN2/c1-11(2)10(12(3)4)9-7-5-6-8-9/h9H,5-8H2,1-4H3. The topological polar surface area (TPSA) is 6.48 Å². The lowest BCUT2D eigenvalue weighted by Crippen LogP contribution is -2.48. The van der Waals surface area contributed by atoms with Crippen LogP contribution < -0.4 is 0 Å². The molecule has 0 heterocycles. The Bertz CT molecular complexity index is 122. The van der Waals surface area contributed by atoms with Gasteiger partial charge in [-0.3, -0.25) is 0 Å². The Kier molecular flexibility index (Phi) is 3.60. The van der Waals surface area contributed by atoms with Crippen molar-refractivity contribution in [3.63, 3.8) is 0 Å². The second kappa shape index (κ2) is 4.29. The van der Waals surface area contributed by atoms with E-state index >= 15 is 0 Å². The van der Waals surface area contributed by atoms with Crippen LogP contribution in [-0.2, 0) is 0 Å². The summed E-state index contributed by atoms with van der Waals surface area (Å²) in [7, 11) is 8.73. The van der Waals surface area contributed by atoms with E-state index in [4.69, 9.17) is 0 Å². The van der Waals surface area contributed by atoms with Gasteiger partial charge in [0, 0.05) is 0 Å². The molecular weight excluding hydrogens is 147 g/mol. The maximum absolute atomic E-state index is 2.34. The molecule has 0 amide bonds. The van der Waals surface area contributed by atoms with Crippen molar-refractivity contribution in [1.82, 2.24) is 9.62 Å². The van der Waals surface area contributed by atoms with Gasteiger partial charge in [0.1, 0.15) is 0 Å². The molecule has 0 aromatic rings. The predicted octanol–water partition coefficient (Wildman–Crippen LogP) is 1.54. The Labute approximate surface area is 77.0 Å². The van der Waals surface area contributed by atoms with Crippen molar-refractivity contribution in [3.8, 4) is 0 Å². The highest BCUT2D eigenvalue weighted by Crippen LogP contribution is 2.33. The lowest BCUT2D eigenvalue weighted by molar-refractivity contribution is 0.489. The molecule has 0 atom stereocenters. The van der Waals surface area contributed by atoms with Gasteiger partial charge in [-0.1, -0.05) is 25.7 Å². The lowest BCUT2D eigenvalue weighted by atomic mass is 9.59. The molecule has 0 aliphatic heterocycles. The zero-order chi connectivity index (χ0) is 9.14. The lowest BCUT2D eigenvalue weighted by Gasteiger charge is -2.31. The van der Waals surface area contributed by atoms with Gasteiger partial charge < -0.3 is 9.62 Å². The van der Waals surface area contributed by atoms with E-state index in [2.05, 4.69) is 37.8 Å². The molecule has 0 radical (unpaired) electrons. The SMILES string of the molecule is CN(C)B(C1CCCC1)N(C)C. The number of hydrogen-bond donors (Lipinski definition) is 0. The van der Waals surface area contributed by atoms with Gasteiger partial charge in [0.05, 0.1) is 0 Å². The highest BCUT2D eigenvalue weighted by atomic mass is 15.2. The second-order valence-electron chi connectivity index (χ2n) is 4.39. The molecule has 0 aromatic carbocycles. The van der Waals surface area contributed by atoms with Crippen LogP contribution in [0.5, 0.6) is 0 Å². The van der Waals surface area contributed by atoms with E-state index in [9.17, 15) is 0 Å². The van der Waals surface area contributed by atoms with Crippen LogP contribution in [0.15, 0.2) is 0 Å². The van der Waals surface area contributed by atoms with E-state index in [1.807, 2.05) is 0 Å². The molecule has 2 nitrogen and oxygen atoms in total. The minimum atomic E-state index is 0.646. The minimum Gasteiger partial charge on any atom is -0.334 e. The maximum Gasteiger partial charge on any atom is 0.313 e. The van der Waals surface area contributed by atoms with Crippen molar-refractivity contribution in [2.24, 2.45) is 0 Å². The molecule has 0 N–H and O–H groups in total. The van der Waals surface area contributed by atoms with Crippen LogP contribution in [-0.4, -0.2) is 44.8 Å². The van der Waals surface area contributed by atoms with Crippen LogP contribution in [0, 0.1) is 0 Å². The molecule has 1 aliphatic carbocycles. The summed E-state index contributed by atoms with van der Waals surface area (Å²) < 4.78 is 0. The molecule has 1 rings (SSSR count). The first-order valence-electron chi connectivity index (χ1n) is 4.96. The van der Waals surface area contributed by atoms with E-state index in [0.717, 1.165) is 5.82 Å². The third-order valence-corrected chi connectivity index (χ3v) is 2.88. The van der Waals surface area contributed by atoms with E-state index in [1.165, 1.54) is 25.7 Å². The second-order valence-corrected chi connectivity index (χ2v) is 4.39. The van der Waals surface area contributed by atoms with Crippen molar-refractivity contribution in [1.29, 1.82) is 0 Å². The summed E-state index contributed by atoms with van der Waals surface area (Å²) >= 11 is 0. The smallest absolute Gasteiger partial charge is 0.313 e. The summed E-state index contributed by atoms with van der Waals surface area (Å²) in [6.07, 6.45) is 5.70. The first-order valence-corrected chi connectivity index (χ1v) is 4.96. The van der Waals surface area contributed by atoms with E-state index in [-0.39, 0.29) is 0 Å².